The standard InChI is InChI=1S/C25H34FN6O7P/c1-5-35-23-21-22(29-25(27)30-23)32(14-28-21)20-11-17(12-26)19(38-20)13-36-40(34,39-18-9-7-6-8-10-18)31-16(4)24(33)37-15(2)3/h6-10,14-17,19-20H,5,11-13H2,1-4H3,(H,31,34)(H2,27,29,30). The minimum absolute atomic E-state index is 0.00666. The number of ether oxygens (including phenoxy) is 3. The predicted molar refractivity (Wildman–Crippen MR) is 143 cm³/mol. The average Bonchev–Trinajstić information content (AvgIpc) is 3.51. The SMILES string of the molecule is CCOc1nc(N)nc2c1ncn2C1CC(CF)C(COP(=O)(NC(C)C(=O)OC(C)C)Oc2ccccc2)O1. The largest absolute Gasteiger partial charge is 0.476 e. The number of carbonyl (C=O) groups is 1. The number of rotatable bonds is 13. The van der Waals surface area contributed by atoms with Crippen molar-refractivity contribution in [2.45, 2.75) is 58.6 Å². The normalized spacial score (nSPS) is 21.3. The molecule has 218 valence electrons. The Morgan fingerprint density at radius 1 is 1.27 bits per heavy atom. The number of hydrogen-bond acceptors (Lipinski definition) is 11. The number of para-hydroxylation sites is 1. The fraction of sp³-hybridized carbons (Fsp3) is 0.520. The molecule has 15 heteroatoms. The summed E-state index contributed by atoms with van der Waals surface area (Å²) >= 11 is 0. The molecule has 13 nitrogen and oxygen atoms in total. The van der Waals surface area contributed by atoms with Crippen LogP contribution in [0.5, 0.6) is 11.6 Å². The molecular formula is C25H34FN6O7P. The fourth-order valence-electron chi connectivity index (χ4n) is 4.16. The number of nitrogen functional groups attached to an aromatic ring is 1. The van der Waals surface area contributed by atoms with Gasteiger partial charge in [0.05, 0.1) is 38.4 Å². The number of anilines is 1. The first-order chi connectivity index (χ1) is 19.1. The molecule has 1 fully saturated rings. The molecule has 1 aliphatic rings. The van der Waals surface area contributed by atoms with E-state index in [0.29, 0.717) is 17.8 Å². The van der Waals surface area contributed by atoms with E-state index in [-0.39, 0.29) is 36.7 Å². The highest BCUT2D eigenvalue weighted by Crippen LogP contribution is 2.46. The molecule has 3 N–H and O–H groups in total. The van der Waals surface area contributed by atoms with Gasteiger partial charge in [0.15, 0.2) is 11.2 Å². The average molecular weight is 581 g/mol. The molecule has 0 spiro atoms. The second-order valence-electron chi connectivity index (χ2n) is 9.46. The number of carbonyl (C=O) groups excluding carboxylic acids is 1. The number of nitrogens with zero attached hydrogens (tertiary/aromatic N) is 4. The molecule has 5 atom stereocenters. The van der Waals surface area contributed by atoms with Crippen molar-refractivity contribution >= 4 is 30.8 Å². The molecule has 1 aromatic carbocycles. The monoisotopic (exact) mass is 580 g/mol. The molecule has 3 aromatic rings. The highest BCUT2D eigenvalue weighted by atomic mass is 31.2. The Bertz CT molecular complexity index is 1340. The maximum atomic E-state index is 14.1. The van der Waals surface area contributed by atoms with E-state index >= 15 is 0 Å². The van der Waals surface area contributed by atoms with Crippen LogP contribution in [-0.4, -0.2) is 63.6 Å². The Hall–Kier alpha value is -3.32. The van der Waals surface area contributed by atoms with Gasteiger partial charge in [-0.1, -0.05) is 18.2 Å². The van der Waals surface area contributed by atoms with Gasteiger partial charge in [-0.25, -0.2) is 9.55 Å². The van der Waals surface area contributed by atoms with Crippen LogP contribution in [0.15, 0.2) is 36.7 Å². The Morgan fingerprint density at radius 3 is 2.70 bits per heavy atom. The molecule has 3 heterocycles. The summed E-state index contributed by atoms with van der Waals surface area (Å²) in [7, 11) is -4.15. The summed E-state index contributed by atoms with van der Waals surface area (Å²) in [4.78, 5) is 25.1. The smallest absolute Gasteiger partial charge is 0.459 e. The summed E-state index contributed by atoms with van der Waals surface area (Å²) < 4.78 is 57.8. The Labute approximate surface area is 231 Å². The molecule has 0 amide bonds. The van der Waals surface area contributed by atoms with Gasteiger partial charge in [0, 0.05) is 12.3 Å². The molecule has 2 aromatic heterocycles. The van der Waals surface area contributed by atoms with Gasteiger partial charge in [0.1, 0.15) is 18.0 Å². The molecule has 0 radical (unpaired) electrons. The number of hydrogen-bond donors (Lipinski definition) is 2. The number of nitrogens with one attached hydrogen (secondary N) is 1. The fourth-order valence-corrected chi connectivity index (χ4v) is 5.66. The van der Waals surface area contributed by atoms with Crippen molar-refractivity contribution in [2.24, 2.45) is 5.92 Å². The Balaban J connectivity index is 1.52. The minimum atomic E-state index is -4.15. The summed E-state index contributed by atoms with van der Waals surface area (Å²) in [6.07, 6.45) is -0.0722. The Morgan fingerprint density at radius 2 is 2.02 bits per heavy atom. The third-order valence-electron chi connectivity index (χ3n) is 5.99. The maximum Gasteiger partial charge on any atom is 0.459 e. The lowest BCUT2D eigenvalue weighted by molar-refractivity contribution is -0.149. The van der Waals surface area contributed by atoms with Gasteiger partial charge >= 0.3 is 13.7 Å². The zero-order valence-corrected chi connectivity index (χ0v) is 23.6. The lowest BCUT2D eigenvalue weighted by Crippen LogP contribution is -2.37. The minimum Gasteiger partial charge on any atom is -0.476 e. The number of aromatic nitrogens is 4. The first-order valence-corrected chi connectivity index (χ1v) is 14.5. The lowest BCUT2D eigenvalue weighted by atomic mass is 10.0. The highest BCUT2D eigenvalue weighted by Gasteiger charge is 2.40. The van der Waals surface area contributed by atoms with Crippen molar-refractivity contribution in [3.05, 3.63) is 36.7 Å². The molecule has 1 aliphatic heterocycles. The molecule has 0 aliphatic carbocycles. The first-order valence-electron chi connectivity index (χ1n) is 12.9. The predicted octanol–water partition coefficient (Wildman–Crippen LogP) is 3.81. The van der Waals surface area contributed by atoms with Gasteiger partial charge < -0.3 is 24.5 Å². The van der Waals surface area contributed by atoms with Gasteiger partial charge in [-0.3, -0.25) is 18.3 Å². The molecule has 0 bridgehead atoms. The first kappa shape index (κ1) is 29.7. The topological polar surface area (TPSA) is 162 Å². The van der Waals surface area contributed by atoms with Crippen LogP contribution >= 0.6 is 7.75 Å². The number of esters is 1. The molecule has 1 saturated heterocycles. The molecule has 5 unspecified atom stereocenters. The van der Waals surface area contributed by atoms with Crippen LogP contribution in [0.1, 0.15) is 40.3 Å². The van der Waals surface area contributed by atoms with E-state index in [1.54, 1.807) is 55.7 Å². The molecule has 40 heavy (non-hydrogen) atoms. The molecular weight excluding hydrogens is 546 g/mol. The van der Waals surface area contributed by atoms with Crippen molar-refractivity contribution in [2.75, 3.05) is 25.6 Å². The van der Waals surface area contributed by atoms with Crippen molar-refractivity contribution < 1.29 is 37.0 Å². The summed E-state index contributed by atoms with van der Waals surface area (Å²) in [5.74, 6) is -0.746. The van der Waals surface area contributed by atoms with E-state index in [9.17, 15) is 13.8 Å². The zero-order valence-electron chi connectivity index (χ0n) is 22.7. The number of benzene rings is 1. The summed E-state index contributed by atoms with van der Waals surface area (Å²) in [5, 5.41) is 2.62. The van der Waals surface area contributed by atoms with E-state index in [2.05, 4.69) is 20.0 Å². The lowest BCUT2D eigenvalue weighted by Gasteiger charge is -2.25. The number of alkyl halides is 1. The van der Waals surface area contributed by atoms with Crippen LogP contribution in [0.4, 0.5) is 10.3 Å². The third-order valence-corrected chi connectivity index (χ3v) is 7.64. The number of fused-ring (bicyclic) bond motifs is 1. The van der Waals surface area contributed by atoms with Crippen LogP contribution < -0.4 is 20.1 Å². The Kier molecular flexibility index (Phi) is 9.56. The van der Waals surface area contributed by atoms with Crippen molar-refractivity contribution in [1.29, 1.82) is 0 Å². The van der Waals surface area contributed by atoms with Crippen molar-refractivity contribution in [1.82, 2.24) is 24.6 Å². The van der Waals surface area contributed by atoms with Gasteiger partial charge in [0.25, 0.3) is 0 Å². The molecule has 4 rings (SSSR count). The van der Waals surface area contributed by atoms with E-state index < -0.39 is 44.7 Å². The zero-order chi connectivity index (χ0) is 28.9. The quantitative estimate of drug-likeness (QED) is 0.222. The van der Waals surface area contributed by atoms with E-state index in [1.807, 2.05) is 0 Å². The van der Waals surface area contributed by atoms with E-state index in [4.69, 9.17) is 29.0 Å². The number of nitrogens with two attached hydrogens (primary N) is 1. The van der Waals surface area contributed by atoms with Gasteiger partial charge in [-0.2, -0.15) is 15.1 Å². The second kappa shape index (κ2) is 12.9. The maximum absolute atomic E-state index is 14.1. The van der Waals surface area contributed by atoms with Crippen LogP contribution in [0.3, 0.4) is 0 Å². The van der Waals surface area contributed by atoms with Crippen molar-refractivity contribution in [3.63, 3.8) is 0 Å². The van der Waals surface area contributed by atoms with Gasteiger partial charge in [-0.15, -0.1) is 0 Å². The summed E-state index contributed by atoms with van der Waals surface area (Å²) in [5.41, 5.74) is 6.62. The summed E-state index contributed by atoms with van der Waals surface area (Å²) in [6.45, 7) is 6.04. The summed E-state index contributed by atoms with van der Waals surface area (Å²) in [6, 6.07) is 7.33. The second-order valence-corrected chi connectivity index (χ2v) is 11.2. The number of imidazole rings is 1. The van der Waals surface area contributed by atoms with Crippen molar-refractivity contribution in [3.8, 4) is 11.6 Å². The number of halogens is 1. The van der Waals surface area contributed by atoms with E-state index in [0.717, 1.165) is 0 Å². The van der Waals surface area contributed by atoms with Crippen LogP contribution in [0.2, 0.25) is 0 Å². The van der Waals surface area contributed by atoms with Crippen LogP contribution in [0.25, 0.3) is 11.2 Å². The van der Waals surface area contributed by atoms with Gasteiger partial charge in [0.2, 0.25) is 11.8 Å². The van der Waals surface area contributed by atoms with E-state index in [1.165, 1.54) is 13.3 Å². The molecule has 0 saturated carbocycles. The van der Waals surface area contributed by atoms with Crippen LogP contribution in [0, 0.1) is 5.92 Å². The third kappa shape index (κ3) is 7.05. The van der Waals surface area contributed by atoms with Crippen LogP contribution in [-0.2, 0) is 23.4 Å². The highest BCUT2D eigenvalue weighted by molar-refractivity contribution is 7.52. The van der Waals surface area contributed by atoms with Gasteiger partial charge in [-0.05, 0) is 39.8 Å².